The van der Waals surface area contributed by atoms with Gasteiger partial charge < -0.3 is 10.2 Å². The number of piperidine rings is 1. The number of carbonyl (C=O) groups is 1. The summed E-state index contributed by atoms with van der Waals surface area (Å²) in [6.45, 7) is 8.28. The lowest BCUT2D eigenvalue weighted by Crippen LogP contribution is -2.48. The highest BCUT2D eigenvalue weighted by atomic mass is 16.2. The molecule has 1 N–H and O–H groups in total. The molecule has 86 valence electrons. The molecule has 0 unspecified atom stereocenters. The smallest absolute Gasteiger partial charge is 0.239 e. The second kappa shape index (κ2) is 6.62. The van der Waals surface area contributed by atoms with Crippen LogP contribution in [-0.2, 0) is 4.79 Å². The van der Waals surface area contributed by atoms with Gasteiger partial charge in [-0.2, -0.15) is 0 Å². The number of amides is 1. The van der Waals surface area contributed by atoms with E-state index in [1.807, 2.05) is 4.90 Å². The molecule has 1 aliphatic rings. The normalized spacial score (nSPS) is 21.0. The van der Waals surface area contributed by atoms with E-state index in [0.29, 0.717) is 6.54 Å². The Bertz CT molecular complexity index is 210. The van der Waals surface area contributed by atoms with Gasteiger partial charge in [0.1, 0.15) is 0 Å². The maximum atomic E-state index is 12.1. The molecule has 1 heterocycles. The first-order valence-corrected chi connectivity index (χ1v) is 5.92. The summed E-state index contributed by atoms with van der Waals surface area (Å²) < 4.78 is 0. The van der Waals surface area contributed by atoms with Crippen LogP contribution in [0.3, 0.4) is 0 Å². The zero-order valence-electron chi connectivity index (χ0n) is 9.67. The van der Waals surface area contributed by atoms with Gasteiger partial charge in [0.25, 0.3) is 0 Å². The van der Waals surface area contributed by atoms with E-state index >= 15 is 0 Å². The minimum absolute atomic E-state index is 0.0465. The average molecular weight is 210 g/mol. The highest BCUT2D eigenvalue weighted by molar-refractivity contribution is 5.82. The third-order valence-electron chi connectivity index (χ3n) is 2.76. The summed E-state index contributed by atoms with van der Waals surface area (Å²) in [6.07, 6.45) is 6.15. The van der Waals surface area contributed by atoms with E-state index in [9.17, 15) is 4.79 Å². The molecule has 3 heteroatoms. The van der Waals surface area contributed by atoms with Crippen molar-refractivity contribution in [1.29, 1.82) is 0 Å². The predicted octanol–water partition coefficient (Wildman–Crippen LogP) is 1.55. The summed E-state index contributed by atoms with van der Waals surface area (Å²) in [4.78, 5) is 14.0. The van der Waals surface area contributed by atoms with Crippen molar-refractivity contribution in [2.75, 3.05) is 19.6 Å². The lowest BCUT2D eigenvalue weighted by molar-refractivity contribution is -0.133. The van der Waals surface area contributed by atoms with Crippen LogP contribution in [0, 0.1) is 0 Å². The molecule has 0 spiro atoms. The van der Waals surface area contributed by atoms with Crippen molar-refractivity contribution in [1.82, 2.24) is 10.2 Å². The SMILES string of the molecule is C=CCN(CCC)C(=O)[C@H]1CCCCN1. The molecule has 0 aliphatic carbocycles. The molecule has 1 saturated heterocycles. The van der Waals surface area contributed by atoms with E-state index in [1.54, 1.807) is 6.08 Å². The first-order valence-electron chi connectivity index (χ1n) is 5.92. The van der Waals surface area contributed by atoms with Crippen LogP contribution >= 0.6 is 0 Å². The Labute approximate surface area is 92.5 Å². The largest absolute Gasteiger partial charge is 0.338 e. The van der Waals surface area contributed by atoms with Gasteiger partial charge in [-0.05, 0) is 25.8 Å². The third-order valence-corrected chi connectivity index (χ3v) is 2.76. The van der Waals surface area contributed by atoms with Crippen LogP contribution in [0.5, 0.6) is 0 Å². The second-order valence-corrected chi connectivity index (χ2v) is 4.08. The van der Waals surface area contributed by atoms with Crippen molar-refractivity contribution >= 4 is 5.91 Å². The van der Waals surface area contributed by atoms with E-state index in [0.717, 1.165) is 32.4 Å². The summed E-state index contributed by atoms with van der Waals surface area (Å²) >= 11 is 0. The van der Waals surface area contributed by atoms with Crippen LogP contribution < -0.4 is 5.32 Å². The van der Waals surface area contributed by atoms with Gasteiger partial charge in [-0.15, -0.1) is 6.58 Å². The Morgan fingerprint density at radius 2 is 2.40 bits per heavy atom. The van der Waals surface area contributed by atoms with E-state index in [2.05, 4.69) is 18.8 Å². The number of nitrogens with zero attached hydrogens (tertiary/aromatic N) is 1. The fourth-order valence-corrected chi connectivity index (χ4v) is 2.00. The van der Waals surface area contributed by atoms with Crippen molar-refractivity contribution in [2.45, 2.75) is 38.6 Å². The Kier molecular flexibility index (Phi) is 5.40. The van der Waals surface area contributed by atoms with Gasteiger partial charge in [0.2, 0.25) is 5.91 Å². The molecule has 1 rings (SSSR count). The van der Waals surface area contributed by atoms with Crippen LogP contribution in [0.2, 0.25) is 0 Å². The summed E-state index contributed by atoms with van der Waals surface area (Å²) in [6, 6.07) is 0.0465. The number of nitrogens with one attached hydrogen (secondary N) is 1. The predicted molar refractivity (Wildman–Crippen MR) is 62.7 cm³/mol. The lowest BCUT2D eigenvalue weighted by atomic mass is 10.0. The van der Waals surface area contributed by atoms with E-state index in [-0.39, 0.29) is 11.9 Å². The molecular formula is C12H22N2O. The van der Waals surface area contributed by atoms with Crippen molar-refractivity contribution in [3.05, 3.63) is 12.7 Å². The topological polar surface area (TPSA) is 32.3 Å². The minimum Gasteiger partial charge on any atom is -0.338 e. The summed E-state index contributed by atoms with van der Waals surface area (Å²) in [7, 11) is 0. The standard InChI is InChI=1S/C12H22N2O/c1-3-9-14(10-4-2)12(15)11-7-5-6-8-13-11/h3,11,13H,1,4-10H2,2H3/t11-/m1/s1. The third kappa shape index (κ3) is 3.67. The molecule has 0 aromatic heterocycles. The Balaban J connectivity index is 2.48. The number of rotatable bonds is 5. The maximum absolute atomic E-state index is 12.1. The first-order chi connectivity index (χ1) is 7.29. The quantitative estimate of drug-likeness (QED) is 0.698. The van der Waals surface area contributed by atoms with Crippen molar-refractivity contribution in [2.24, 2.45) is 0 Å². The highest BCUT2D eigenvalue weighted by Gasteiger charge is 2.24. The molecule has 1 amide bonds. The number of carbonyl (C=O) groups excluding carboxylic acids is 1. The molecule has 0 saturated carbocycles. The van der Waals surface area contributed by atoms with Gasteiger partial charge in [0.05, 0.1) is 6.04 Å². The van der Waals surface area contributed by atoms with Gasteiger partial charge in [-0.25, -0.2) is 0 Å². The van der Waals surface area contributed by atoms with Gasteiger partial charge in [-0.1, -0.05) is 19.4 Å². The van der Waals surface area contributed by atoms with Crippen molar-refractivity contribution in [3.8, 4) is 0 Å². The summed E-state index contributed by atoms with van der Waals surface area (Å²) in [5, 5.41) is 3.29. The van der Waals surface area contributed by atoms with E-state index < -0.39 is 0 Å². The number of hydrogen-bond acceptors (Lipinski definition) is 2. The van der Waals surface area contributed by atoms with Gasteiger partial charge in [0, 0.05) is 13.1 Å². The Morgan fingerprint density at radius 1 is 1.60 bits per heavy atom. The minimum atomic E-state index is 0.0465. The number of hydrogen-bond donors (Lipinski definition) is 1. The Morgan fingerprint density at radius 3 is 2.93 bits per heavy atom. The first kappa shape index (κ1) is 12.2. The molecule has 1 atom stereocenters. The van der Waals surface area contributed by atoms with Gasteiger partial charge in [-0.3, -0.25) is 4.79 Å². The fraction of sp³-hybridized carbons (Fsp3) is 0.750. The molecule has 0 aromatic carbocycles. The van der Waals surface area contributed by atoms with Gasteiger partial charge in [0.15, 0.2) is 0 Å². The van der Waals surface area contributed by atoms with Crippen LogP contribution in [-0.4, -0.2) is 36.5 Å². The summed E-state index contributed by atoms with van der Waals surface area (Å²) in [5.41, 5.74) is 0. The molecule has 1 fully saturated rings. The fourth-order valence-electron chi connectivity index (χ4n) is 2.00. The van der Waals surface area contributed by atoms with Crippen molar-refractivity contribution < 1.29 is 4.79 Å². The Hall–Kier alpha value is -0.830. The van der Waals surface area contributed by atoms with E-state index in [4.69, 9.17) is 0 Å². The molecule has 15 heavy (non-hydrogen) atoms. The molecule has 1 aliphatic heterocycles. The van der Waals surface area contributed by atoms with Gasteiger partial charge >= 0.3 is 0 Å². The maximum Gasteiger partial charge on any atom is 0.239 e. The van der Waals surface area contributed by atoms with Crippen molar-refractivity contribution in [3.63, 3.8) is 0 Å². The lowest BCUT2D eigenvalue weighted by Gasteiger charge is -2.29. The van der Waals surface area contributed by atoms with Crippen LogP contribution in [0.4, 0.5) is 0 Å². The molecule has 0 aromatic rings. The monoisotopic (exact) mass is 210 g/mol. The zero-order chi connectivity index (χ0) is 11.1. The van der Waals surface area contributed by atoms with Crippen LogP contribution in [0.15, 0.2) is 12.7 Å². The van der Waals surface area contributed by atoms with Crippen LogP contribution in [0.25, 0.3) is 0 Å². The second-order valence-electron chi connectivity index (χ2n) is 4.08. The summed E-state index contributed by atoms with van der Waals surface area (Å²) in [5.74, 6) is 0.247. The molecule has 0 bridgehead atoms. The molecule has 3 nitrogen and oxygen atoms in total. The zero-order valence-corrected chi connectivity index (χ0v) is 9.67. The molecule has 0 radical (unpaired) electrons. The van der Waals surface area contributed by atoms with Crippen LogP contribution in [0.1, 0.15) is 32.6 Å². The molecular weight excluding hydrogens is 188 g/mol. The highest BCUT2D eigenvalue weighted by Crippen LogP contribution is 2.10. The van der Waals surface area contributed by atoms with E-state index in [1.165, 1.54) is 6.42 Å². The average Bonchev–Trinajstić information content (AvgIpc) is 2.29.